The quantitative estimate of drug-likeness (QED) is 0.810. The lowest BCUT2D eigenvalue weighted by Gasteiger charge is -2.05. The Labute approximate surface area is 125 Å². The lowest BCUT2D eigenvalue weighted by molar-refractivity contribution is 0.390. The van der Waals surface area contributed by atoms with Crippen LogP contribution in [0.15, 0.2) is 40.9 Å². The molecule has 2 rings (SSSR count). The van der Waals surface area contributed by atoms with Crippen LogP contribution >= 0.6 is 0 Å². The highest BCUT2D eigenvalue weighted by Gasteiger charge is 2.10. The van der Waals surface area contributed by atoms with Crippen LogP contribution in [0.2, 0.25) is 0 Å². The fourth-order valence-corrected chi connectivity index (χ4v) is 3.14. The molecule has 6 heteroatoms. The number of aromatic nitrogens is 1. The van der Waals surface area contributed by atoms with Gasteiger partial charge in [0.25, 0.3) is 0 Å². The minimum atomic E-state index is -3.22. The number of sulfonamides is 1. The largest absolute Gasteiger partial charge is 0.361 e. The Morgan fingerprint density at radius 1 is 1.19 bits per heavy atom. The molecule has 1 N–H and O–H groups in total. The molecule has 0 aliphatic rings. The Kier molecular flexibility index (Phi) is 5.52. The van der Waals surface area contributed by atoms with Crippen LogP contribution in [-0.2, 0) is 22.9 Å². The molecule has 0 bridgehead atoms. The van der Waals surface area contributed by atoms with E-state index in [0.29, 0.717) is 19.4 Å². The van der Waals surface area contributed by atoms with Gasteiger partial charge in [-0.3, -0.25) is 0 Å². The zero-order valence-electron chi connectivity index (χ0n) is 12.1. The second kappa shape index (κ2) is 7.38. The summed E-state index contributed by atoms with van der Waals surface area (Å²) in [6, 6.07) is 11.7. The summed E-state index contributed by atoms with van der Waals surface area (Å²) >= 11 is 0. The molecule has 1 heterocycles. The van der Waals surface area contributed by atoms with Crippen LogP contribution in [0.3, 0.4) is 0 Å². The Bertz CT molecular complexity index is 651. The highest BCUT2D eigenvalue weighted by atomic mass is 32.2. The SMILES string of the molecule is Cc1cc(CCNS(=O)(=O)CCCc2ccccc2)no1. The van der Waals surface area contributed by atoms with Crippen LogP contribution in [0.25, 0.3) is 0 Å². The molecular formula is C15H20N2O3S. The van der Waals surface area contributed by atoms with Gasteiger partial charge in [-0.2, -0.15) is 0 Å². The van der Waals surface area contributed by atoms with E-state index in [2.05, 4.69) is 9.88 Å². The number of rotatable bonds is 8. The lowest BCUT2D eigenvalue weighted by Crippen LogP contribution is -2.28. The van der Waals surface area contributed by atoms with E-state index >= 15 is 0 Å². The summed E-state index contributed by atoms with van der Waals surface area (Å²) in [5, 5.41) is 3.83. The van der Waals surface area contributed by atoms with Gasteiger partial charge in [0.1, 0.15) is 5.76 Å². The second-order valence-corrected chi connectivity index (χ2v) is 6.91. The summed E-state index contributed by atoms with van der Waals surface area (Å²) in [7, 11) is -3.22. The van der Waals surface area contributed by atoms with Crippen molar-refractivity contribution in [2.24, 2.45) is 0 Å². The van der Waals surface area contributed by atoms with E-state index in [4.69, 9.17) is 4.52 Å². The van der Waals surface area contributed by atoms with Gasteiger partial charge in [0.05, 0.1) is 11.4 Å². The van der Waals surface area contributed by atoms with Crippen molar-refractivity contribution < 1.29 is 12.9 Å². The van der Waals surface area contributed by atoms with E-state index in [-0.39, 0.29) is 5.75 Å². The van der Waals surface area contributed by atoms with Crippen molar-refractivity contribution in [3.63, 3.8) is 0 Å². The summed E-state index contributed by atoms with van der Waals surface area (Å²) < 4.78 is 31.2. The molecule has 5 nitrogen and oxygen atoms in total. The fourth-order valence-electron chi connectivity index (χ4n) is 2.05. The number of hydrogen-bond acceptors (Lipinski definition) is 4. The third-order valence-corrected chi connectivity index (χ3v) is 4.57. The first kappa shape index (κ1) is 15.7. The van der Waals surface area contributed by atoms with Crippen molar-refractivity contribution in [3.8, 4) is 0 Å². The summed E-state index contributed by atoms with van der Waals surface area (Å²) in [6.45, 7) is 2.16. The molecular weight excluding hydrogens is 288 g/mol. The van der Waals surface area contributed by atoms with Crippen LogP contribution in [0, 0.1) is 6.92 Å². The normalized spacial score (nSPS) is 11.7. The van der Waals surface area contributed by atoms with E-state index in [1.54, 1.807) is 0 Å². The van der Waals surface area contributed by atoms with Gasteiger partial charge in [0, 0.05) is 19.0 Å². The topological polar surface area (TPSA) is 72.2 Å². The van der Waals surface area contributed by atoms with Crippen LogP contribution in [0.4, 0.5) is 0 Å². The average molecular weight is 308 g/mol. The molecule has 0 atom stereocenters. The van der Waals surface area contributed by atoms with E-state index in [1.165, 1.54) is 0 Å². The highest BCUT2D eigenvalue weighted by molar-refractivity contribution is 7.89. The number of aryl methyl sites for hydroxylation is 2. The maximum absolute atomic E-state index is 11.9. The predicted molar refractivity (Wildman–Crippen MR) is 81.5 cm³/mol. The van der Waals surface area contributed by atoms with Gasteiger partial charge in [0.15, 0.2) is 0 Å². The number of hydrogen-bond donors (Lipinski definition) is 1. The highest BCUT2D eigenvalue weighted by Crippen LogP contribution is 2.04. The van der Waals surface area contributed by atoms with Gasteiger partial charge in [-0.05, 0) is 25.3 Å². The molecule has 2 aromatic rings. The van der Waals surface area contributed by atoms with Crippen LogP contribution in [-0.4, -0.2) is 25.9 Å². The summed E-state index contributed by atoms with van der Waals surface area (Å²) in [5.41, 5.74) is 1.92. The van der Waals surface area contributed by atoms with Gasteiger partial charge < -0.3 is 4.52 Å². The van der Waals surface area contributed by atoms with Crippen molar-refractivity contribution in [2.75, 3.05) is 12.3 Å². The molecule has 0 fully saturated rings. The minimum Gasteiger partial charge on any atom is -0.361 e. The Hall–Kier alpha value is -1.66. The molecule has 114 valence electrons. The number of benzene rings is 1. The van der Waals surface area contributed by atoms with Crippen LogP contribution < -0.4 is 4.72 Å². The first-order chi connectivity index (χ1) is 10.1. The zero-order chi connectivity index (χ0) is 15.1. The molecule has 0 radical (unpaired) electrons. The third kappa shape index (κ3) is 5.69. The van der Waals surface area contributed by atoms with Crippen molar-refractivity contribution in [1.82, 2.24) is 9.88 Å². The van der Waals surface area contributed by atoms with Crippen molar-refractivity contribution in [3.05, 3.63) is 53.4 Å². The van der Waals surface area contributed by atoms with Gasteiger partial charge in [-0.15, -0.1) is 0 Å². The molecule has 1 aromatic heterocycles. The predicted octanol–water partition coefficient (Wildman–Crippen LogP) is 2.08. The summed E-state index contributed by atoms with van der Waals surface area (Å²) in [5.74, 6) is 0.871. The molecule has 0 unspecified atom stereocenters. The summed E-state index contributed by atoms with van der Waals surface area (Å²) in [6.07, 6.45) is 1.92. The number of nitrogens with zero attached hydrogens (tertiary/aromatic N) is 1. The fraction of sp³-hybridized carbons (Fsp3) is 0.400. The van der Waals surface area contributed by atoms with Gasteiger partial charge in [-0.25, -0.2) is 13.1 Å². The zero-order valence-corrected chi connectivity index (χ0v) is 12.9. The molecule has 0 aliphatic heterocycles. The Morgan fingerprint density at radius 3 is 2.62 bits per heavy atom. The first-order valence-electron chi connectivity index (χ1n) is 6.99. The van der Waals surface area contributed by atoms with Gasteiger partial charge in [-0.1, -0.05) is 35.5 Å². The molecule has 0 spiro atoms. The average Bonchev–Trinajstić information content (AvgIpc) is 2.85. The van der Waals surface area contributed by atoms with Crippen LogP contribution in [0.1, 0.15) is 23.4 Å². The molecule has 1 aromatic carbocycles. The van der Waals surface area contributed by atoms with Crippen LogP contribution in [0.5, 0.6) is 0 Å². The van der Waals surface area contributed by atoms with Crippen molar-refractivity contribution in [2.45, 2.75) is 26.2 Å². The Balaban J connectivity index is 1.69. The smallest absolute Gasteiger partial charge is 0.211 e. The van der Waals surface area contributed by atoms with E-state index in [1.807, 2.05) is 43.3 Å². The standard InChI is InChI=1S/C15H20N2O3S/c1-13-12-15(17-20-13)9-10-16-21(18,19)11-5-8-14-6-3-2-4-7-14/h2-4,6-7,12,16H,5,8-11H2,1H3. The molecule has 0 aliphatic carbocycles. The van der Waals surface area contributed by atoms with Crippen molar-refractivity contribution in [1.29, 1.82) is 0 Å². The lowest BCUT2D eigenvalue weighted by atomic mass is 10.1. The number of nitrogens with one attached hydrogen (secondary N) is 1. The molecule has 0 saturated carbocycles. The molecule has 21 heavy (non-hydrogen) atoms. The maximum Gasteiger partial charge on any atom is 0.211 e. The van der Waals surface area contributed by atoms with Gasteiger partial charge in [0.2, 0.25) is 10.0 Å². The minimum absolute atomic E-state index is 0.139. The van der Waals surface area contributed by atoms with E-state index < -0.39 is 10.0 Å². The first-order valence-corrected chi connectivity index (χ1v) is 8.64. The maximum atomic E-state index is 11.9. The molecule has 0 saturated heterocycles. The summed E-state index contributed by atoms with van der Waals surface area (Å²) in [4.78, 5) is 0. The monoisotopic (exact) mass is 308 g/mol. The van der Waals surface area contributed by atoms with Crippen molar-refractivity contribution >= 4 is 10.0 Å². The second-order valence-electron chi connectivity index (χ2n) is 4.98. The third-order valence-electron chi connectivity index (χ3n) is 3.10. The Morgan fingerprint density at radius 2 is 1.95 bits per heavy atom. The van der Waals surface area contributed by atoms with E-state index in [0.717, 1.165) is 23.4 Å². The van der Waals surface area contributed by atoms with E-state index in [9.17, 15) is 8.42 Å². The van der Waals surface area contributed by atoms with Gasteiger partial charge >= 0.3 is 0 Å². The molecule has 0 amide bonds.